The minimum atomic E-state index is -1.37. The number of aliphatic hydroxyl groups excluding tert-OH is 2. The number of nitrogens with zero attached hydrogens (tertiary/aromatic N) is 2. The number of halogens is 4. The average Bonchev–Trinajstić information content (AvgIpc) is 1.59. The maximum atomic E-state index is 13.2. The number of nitrogens with two attached hydrogens (primary N) is 1. The Morgan fingerprint density at radius 3 is 1.14 bits per heavy atom. The molecule has 2 unspecified atom stereocenters. The number of Topliss-reactive ketones (excluding diaryl/α,β-unsaturated/α-hetero) is 4. The predicted octanol–water partition coefficient (Wildman–Crippen LogP) is 17.7. The minimum Gasteiger partial charge on any atom is -0.358 e. The number of aliphatic hydroxyl groups is 2. The number of thiol groups is 1. The molecule has 1 saturated heterocycles. The smallest absolute Gasteiger partial charge is 0.358 e. The van der Waals surface area contributed by atoms with E-state index in [1.165, 1.54) is 85.1 Å². The summed E-state index contributed by atoms with van der Waals surface area (Å²) in [5.74, 6) is -7.34. The quantitative estimate of drug-likeness (QED) is 0.00422. The van der Waals surface area contributed by atoms with E-state index in [0.29, 0.717) is 64.8 Å². The maximum Gasteiger partial charge on any atom is -0.358 e. The van der Waals surface area contributed by atoms with Crippen LogP contribution >= 0.6 is 8.86 Å². The third-order valence-electron chi connectivity index (χ3n) is 22.4. The van der Waals surface area contributed by atoms with Crippen molar-refractivity contribution in [2.75, 3.05) is 45.6 Å². The third-order valence-corrected chi connectivity index (χ3v) is 22.4. The van der Waals surface area contributed by atoms with Gasteiger partial charge in [-0.15, -0.1) is 0 Å². The first-order chi connectivity index (χ1) is 69.0. The molecule has 3 amide bonds. The van der Waals surface area contributed by atoms with Crippen LogP contribution in [0.2, 0.25) is 0 Å². The van der Waals surface area contributed by atoms with E-state index >= 15 is 0 Å². The summed E-state index contributed by atoms with van der Waals surface area (Å²) in [4.78, 5) is 172. The van der Waals surface area contributed by atoms with E-state index in [1.54, 1.807) is 82.3 Å². The van der Waals surface area contributed by atoms with Gasteiger partial charge in [0.05, 0.1) is 22.3 Å². The summed E-state index contributed by atoms with van der Waals surface area (Å²) in [6, 6.07) is 50.5. The zero-order chi connectivity index (χ0) is 104. The predicted molar refractivity (Wildman–Crippen MR) is 540 cm³/mol. The van der Waals surface area contributed by atoms with Gasteiger partial charge < -0.3 is 87.6 Å². The molecule has 0 saturated carbocycles. The Morgan fingerprint density at radius 2 is 0.797 bits per heavy atom. The van der Waals surface area contributed by atoms with Crippen molar-refractivity contribution in [1.29, 1.82) is 1.12 Å². The number of aromatic hydroxyl groups is 1. The molecule has 0 bridgehead atoms. The topological polar surface area (TPSA) is 436 Å². The number of rotatable bonds is 45. The SMILES string of the molecule is CC.NCCCCCCO.O=C(CCc1ccc(F)cc1)c1cn2c(c(O)c1=O)C(=O)N1CCCCCC12.O=C(NCCCCCCO)c1[nH]cc(C(=O)CCc2ccc(F)cc2)c(=O)c1OCc1ccccc1.O=C(O)c1[nH]cc(C(=O)CCc2ccc(F)cc2)c(=O)c1OCc1ccccc1.O=CCCCCCNC(=O)c1[nH]cc(C(=O)CCc2ccc(F)cc2)c(=O)c1OCc1ccccc1.[2H][S](C)=[W].[CH3-]. The third kappa shape index (κ3) is 39.0. The molecule has 4 aromatic heterocycles. The van der Waals surface area contributed by atoms with E-state index in [0.717, 1.165) is 148 Å². The van der Waals surface area contributed by atoms with Crippen molar-refractivity contribution < 1.29 is 113 Å². The number of aromatic amines is 3. The number of nitrogens with one attached hydrogen (secondary N) is 5. The van der Waals surface area contributed by atoms with E-state index in [-0.39, 0.29) is 155 Å². The number of hydrogen-bond donors (Lipinski definition) is 11. The Balaban J connectivity index is 0.000000281. The second-order valence-electron chi connectivity index (χ2n) is 32.6. The molecule has 0 radical (unpaired) electrons. The summed E-state index contributed by atoms with van der Waals surface area (Å²) in [7, 11) is -0.0278. The number of carboxylic acids is 1. The van der Waals surface area contributed by atoms with Crippen molar-refractivity contribution in [3.63, 3.8) is 0 Å². The average molecular weight is 2160 g/mol. The molecule has 6 heterocycles. The van der Waals surface area contributed by atoms with Crippen LogP contribution in [0.25, 0.3) is 0 Å². The monoisotopic (exact) mass is 2160 g/mol. The molecule has 2 aliphatic rings. The van der Waals surface area contributed by atoms with Gasteiger partial charge in [-0.2, -0.15) is 0 Å². The van der Waals surface area contributed by atoms with Crippen molar-refractivity contribution in [3.05, 3.63) is 368 Å². The molecule has 0 spiro atoms. The largest absolute Gasteiger partial charge is 0.358 e. The number of carbonyl (C=O) groups is 9. The Bertz CT molecular complexity index is 6200. The minimum absolute atomic E-state index is 0. The zero-order valence-corrected chi connectivity index (χ0v) is 84.6. The van der Waals surface area contributed by atoms with E-state index in [2.05, 4.69) is 25.6 Å². The molecule has 11 N–H and O–H groups in total. The molecule has 764 valence electrons. The van der Waals surface area contributed by atoms with Gasteiger partial charge in [0, 0.05) is 89.7 Å². The van der Waals surface area contributed by atoms with E-state index in [9.17, 15) is 90.1 Å². The van der Waals surface area contributed by atoms with Crippen LogP contribution in [0.5, 0.6) is 23.0 Å². The first-order valence-electron chi connectivity index (χ1n) is 47.6. The number of H-pyrrole nitrogens is 3. The van der Waals surface area contributed by atoms with Crippen molar-refractivity contribution >= 4 is 62.0 Å². The standard InChI is InChI=1S/C28H31FN2O5.C28H29FN2O5.C22H18FNO5.C21H21FN2O4.C6H15NO.C2H6.CH4S.CH3.W/c2*29-22-13-10-20(11-14-22)12-15-24(33)23-18-31-25(28(35)30-16-6-1-2-7-17-32)27(26(23)34)36-19-21-8-4-3-5-9-21;23-16-9-6-14(7-10-16)8-11-18(25)17-12-24-19(22(27)28)21(20(17)26)29-13-15-4-2-1-3-5-15;22-14-8-5-13(6-9-14)7-10-16(25)15-12-24-17-4-2-1-3-11-23(17)21(28)18(24)20(27)19(15)26;7-5-3-1-2-4-6-8;2*1-2;;/h3-5,8-11,13-14,18,32H,1-2,6-7,12,15-17,19H2,(H,30,35)(H,31,34);3-5,8-11,13-14,17-18H,1-2,6-7,12,15-16,19H2,(H,30,35)(H,31,34);1-7,9-10,12H,8,11,13H2,(H,24,26)(H,27,28);5-6,8-9,12,17,27H,1-4,7,10-11H2;8H,1-7H2;1-2H3;2H,1H3;1H3;/q;;;;;;;-1;/i/hD. The molecule has 7 aromatic carbocycles. The van der Waals surface area contributed by atoms with Crippen molar-refractivity contribution in [1.82, 2.24) is 35.1 Å². The Kier molecular flexibility index (Phi) is 53.3. The van der Waals surface area contributed by atoms with E-state index < -0.39 is 79.8 Å². The molecule has 2 atom stereocenters. The maximum absolute atomic E-state index is 13.2. The zero-order valence-electron chi connectivity index (χ0n) is 81.8. The molecule has 2 aliphatic heterocycles. The van der Waals surface area contributed by atoms with Gasteiger partial charge >= 0.3 is 40.2 Å². The van der Waals surface area contributed by atoms with Crippen LogP contribution in [0.3, 0.4) is 0 Å². The molecule has 1 fully saturated rings. The number of ketones is 4. The normalized spacial score (nSPS) is 12.2. The summed E-state index contributed by atoms with van der Waals surface area (Å²) in [5, 5.41) is 42.4. The van der Waals surface area contributed by atoms with E-state index in [4.69, 9.17) is 31.3 Å². The number of ether oxygens (including phenoxy) is 3. The van der Waals surface area contributed by atoms with Crippen LogP contribution in [0.1, 0.15) is 271 Å². The summed E-state index contributed by atoms with van der Waals surface area (Å²) in [6.07, 6.45) is 22.8. The van der Waals surface area contributed by atoms with Gasteiger partial charge in [0.15, 0.2) is 68.9 Å². The number of aldehydes is 1. The number of carbonyl (C=O) groups excluding carboxylic acids is 8. The van der Waals surface area contributed by atoms with Crippen LogP contribution in [-0.2, 0) is 68.3 Å². The number of fused-ring (bicyclic) bond motifs is 3. The number of unbranched alkanes of at least 4 members (excludes halogenated alkanes) is 9. The number of benzene rings is 7. The van der Waals surface area contributed by atoms with Crippen molar-refractivity contribution in [2.45, 2.75) is 194 Å². The number of aryl methyl sites for hydroxylation is 4. The van der Waals surface area contributed by atoms with Crippen LogP contribution in [-0.4, -0.2) is 145 Å². The number of aromatic carboxylic acids is 1. The van der Waals surface area contributed by atoms with Crippen molar-refractivity contribution in [2.24, 2.45) is 5.73 Å². The van der Waals surface area contributed by atoms with Crippen LogP contribution < -0.4 is 52.3 Å². The summed E-state index contributed by atoms with van der Waals surface area (Å²) in [5.41, 5.74) is 6.75. The van der Waals surface area contributed by atoms with Gasteiger partial charge in [-0.3, -0.25) is 52.7 Å². The number of carboxylic acid groups (broad SMARTS) is 1. The number of aromatic nitrogens is 4. The molecule has 13 rings (SSSR count). The first kappa shape index (κ1) is 116. The van der Waals surface area contributed by atoms with Gasteiger partial charge in [0.25, 0.3) is 17.7 Å². The van der Waals surface area contributed by atoms with Crippen molar-refractivity contribution in [3.8, 4) is 23.0 Å². The van der Waals surface area contributed by atoms with Crippen LogP contribution in [0.4, 0.5) is 17.6 Å². The summed E-state index contributed by atoms with van der Waals surface area (Å²) < 4.78 is 77.5. The Hall–Kier alpha value is -13.6. The molecule has 28 nitrogen and oxygen atoms in total. The summed E-state index contributed by atoms with van der Waals surface area (Å²) >= 11 is 1.37. The fraction of sp³-hybridized carbons (Fsp3) is 0.339. The molecule has 11 aromatic rings. The molecular weight excluding hydrogens is 2030 g/mol. The first-order valence-corrected chi connectivity index (χ1v) is 52.0. The van der Waals surface area contributed by atoms with Gasteiger partial charge in [-0.25, -0.2) is 22.4 Å². The number of pyridine rings is 4. The van der Waals surface area contributed by atoms with Gasteiger partial charge in [-0.1, -0.05) is 192 Å². The fourth-order valence-corrected chi connectivity index (χ4v) is 14.8. The fourth-order valence-electron chi connectivity index (χ4n) is 14.8. The Morgan fingerprint density at radius 1 is 0.469 bits per heavy atom. The summed E-state index contributed by atoms with van der Waals surface area (Å²) in [6.45, 7) is 6.69. The van der Waals surface area contributed by atoms with E-state index in [1.807, 2.05) is 86.8 Å². The van der Waals surface area contributed by atoms with Gasteiger partial charge in [0.2, 0.25) is 21.7 Å². The van der Waals surface area contributed by atoms with Gasteiger partial charge in [0.1, 0.15) is 55.5 Å². The van der Waals surface area contributed by atoms with Crippen LogP contribution in [0.15, 0.2) is 232 Å². The molecule has 143 heavy (non-hydrogen) atoms. The molecule has 0 aliphatic carbocycles. The number of hydrogen-bond acceptors (Lipinski definition) is 20. The Labute approximate surface area is 843 Å². The van der Waals surface area contributed by atoms with Crippen LogP contribution in [0, 0.1) is 30.7 Å². The second kappa shape index (κ2) is 65.5. The van der Waals surface area contributed by atoms with Gasteiger partial charge in [-0.05, 0) is 177 Å². The second-order valence-corrected chi connectivity index (χ2v) is 36.5. The number of amides is 3. The molecule has 34 heteroatoms. The molecular formula is C109H127F4N8O20SW-.